The van der Waals surface area contributed by atoms with Gasteiger partial charge < -0.3 is 15.2 Å². The Labute approximate surface area is 138 Å². The minimum absolute atomic E-state index is 0.0755. The van der Waals surface area contributed by atoms with Crippen LogP contribution in [-0.4, -0.2) is 42.2 Å². The lowest BCUT2D eigenvalue weighted by Crippen LogP contribution is -2.53. The summed E-state index contributed by atoms with van der Waals surface area (Å²) < 4.78 is 35.8. The number of aliphatic hydroxyl groups is 1. The molecule has 1 aromatic rings. The second kappa shape index (κ2) is 8.75. The predicted octanol–water partition coefficient (Wildman–Crippen LogP) is 1.80. The molecule has 0 aromatic heterocycles. The van der Waals surface area contributed by atoms with Crippen molar-refractivity contribution >= 4 is 10.1 Å². The van der Waals surface area contributed by atoms with Crippen LogP contribution in [0.3, 0.4) is 0 Å². The molecule has 0 radical (unpaired) electrons. The van der Waals surface area contributed by atoms with E-state index in [1.165, 1.54) is 0 Å². The van der Waals surface area contributed by atoms with Gasteiger partial charge in [-0.2, -0.15) is 8.42 Å². The van der Waals surface area contributed by atoms with Crippen molar-refractivity contribution in [2.24, 2.45) is 5.92 Å². The summed E-state index contributed by atoms with van der Waals surface area (Å²) in [5.41, 5.74) is 0.960. The normalized spacial score (nSPS) is 16.3. The van der Waals surface area contributed by atoms with Crippen LogP contribution >= 0.6 is 0 Å². The molecule has 0 saturated carbocycles. The van der Waals surface area contributed by atoms with Crippen molar-refractivity contribution in [2.45, 2.75) is 45.6 Å². The smallest absolute Gasteiger partial charge is 0.264 e. The molecule has 0 amide bonds. The fraction of sp³-hybridized carbons (Fsp3) is 0.625. The molecule has 1 unspecified atom stereocenters. The summed E-state index contributed by atoms with van der Waals surface area (Å²) in [7, 11) is -3.96. The molecular formula is C16H27NO5S. The first-order valence-electron chi connectivity index (χ1n) is 7.70. The van der Waals surface area contributed by atoms with Crippen LogP contribution in [0.4, 0.5) is 0 Å². The zero-order valence-electron chi connectivity index (χ0n) is 13.9. The lowest BCUT2D eigenvalue weighted by atomic mass is 9.96. The van der Waals surface area contributed by atoms with Gasteiger partial charge in [-0.25, -0.2) is 0 Å². The first-order valence-corrected chi connectivity index (χ1v) is 9.31. The molecule has 0 aliphatic carbocycles. The van der Waals surface area contributed by atoms with Crippen LogP contribution in [0.25, 0.3) is 0 Å². The molecule has 3 N–H and O–H groups in total. The Morgan fingerprint density at radius 3 is 2.39 bits per heavy atom. The van der Waals surface area contributed by atoms with E-state index in [2.05, 4.69) is 5.32 Å². The van der Waals surface area contributed by atoms with Crippen molar-refractivity contribution in [1.29, 1.82) is 0 Å². The molecule has 23 heavy (non-hydrogen) atoms. The highest BCUT2D eigenvalue weighted by atomic mass is 32.2. The maximum atomic E-state index is 10.7. The Morgan fingerprint density at radius 2 is 1.87 bits per heavy atom. The molecule has 0 bridgehead atoms. The molecule has 0 spiro atoms. The molecule has 0 fully saturated rings. The van der Waals surface area contributed by atoms with E-state index in [0.717, 1.165) is 5.56 Å². The highest BCUT2D eigenvalue weighted by Gasteiger charge is 2.34. The SMILES string of the molecule is CC(C)[C@H](NCCCS(=O)(=O)O)C(C)(O)OCc1ccccc1. The van der Waals surface area contributed by atoms with Crippen molar-refractivity contribution in [2.75, 3.05) is 12.3 Å². The summed E-state index contributed by atoms with van der Waals surface area (Å²) >= 11 is 0. The van der Waals surface area contributed by atoms with Crippen LogP contribution in [-0.2, 0) is 21.5 Å². The molecule has 7 heteroatoms. The van der Waals surface area contributed by atoms with E-state index in [-0.39, 0.29) is 30.7 Å². The summed E-state index contributed by atoms with van der Waals surface area (Å²) in [5, 5.41) is 13.7. The molecule has 0 saturated heterocycles. The quantitative estimate of drug-likeness (QED) is 0.340. The standard InChI is InChI=1S/C16H27NO5S/c1-13(2)15(17-10-7-11-23(19,20)21)16(3,18)22-12-14-8-5-4-6-9-14/h4-6,8-9,13,15,17-18H,7,10-12H2,1-3H3,(H,19,20,21)/t15-,16?/m0/s1. The Hall–Kier alpha value is -0.990. The van der Waals surface area contributed by atoms with Crippen molar-refractivity contribution in [3.05, 3.63) is 35.9 Å². The first-order chi connectivity index (χ1) is 10.6. The fourth-order valence-electron chi connectivity index (χ4n) is 2.45. The Morgan fingerprint density at radius 1 is 1.26 bits per heavy atom. The third-order valence-electron chi connectivity index (χ3n) is 3.56. The Kier molecular flexibility index (Phi) is 7.63. The lowest BCUT2D eigenvalue weighted by molar-refractivity contribution is -0.223. The number of nitrogens with one attached hydrogen (secondary N) is 1. The number of hydrogen-bond acceptors (Lipinski definition) is 5. The van der Waals surface area contributed by atoms with E-state index >= 15 is 0 Å². The summed E-state index contributed by atoms with van der Waals surface area (Å²) in [6.45, 7) is 6.12. The zero-order valence-corrected chi connectivity index (χ0v) is 14.7. The molecule has 1 aromatic carbocycles. The molecule has 0 heterocycles. The van der Waals surface area contributed by atoms with E-state index < -0.39 is 15.9 Å². The summed E-state index contributed by atoms with van der Waals surface area (Å²) in [6.07, 6.45) is 0.261. The average molecular weight is 345 g/mol. The van der Waals surface area contributed by atoms with Gasteiger partial charge in [-0.15, -0.1) is 0 Å². The largest absolute Gasteiger partial charge is 0.364 e. The second-order valence-electron chi connectivity index (χ2n) is 6.14. The molecular weight excluding hydrogens is 318 g/mol. The Bertz CT molecular complexity index is 557. The highest BCUT2D eigenvalue weighted by Crippen LogP contribution is 2.21. The lowest BCUT2D eigenvalue weighted by Gasteiger charge is -2.36. The maximum Gasteiger partial charge on any atom is 0.264 e. The first kappa shape index (κ1) is 20.1. The third kappa shape index (κ3) is 7.90. The van der Waals surface area contributed by atoms with Gasteiger partial charge in [0.2, 0.25) is 0 Å². The van der Waals surface area contributed by atoms with Crippen LogP contribution in [0.15, 0.2) is 30.3 Å². The van der Waals surface area contributed by atoms with Gasteiger partial charge in [0.25, 0.3) is 10.1 Å². The van der Waals surface area contributed by atoms with Gasteiger partial charge in [0.05, 0.1) is 18.4 Å². The van der Waals surface area contributed by atoms with E-state index in [9.17, 15) is 13.5 Å². The van der Waals surface area contributed by atoms with Gasteiger partial charge >= 0.3 is 0 Å². The van der Waals surface area contributed by atoms with E-state index in [1.807, 2.05) is 44.2 Å². The van der Waals surface area contributed by atoms with E-state index in [4.69, 9.17) is 9.29 Å². The molecule has 132 valence electrons. The number of ether oxygens (including phenoxy) is 1. The summed E-state index contributed by atoms with van der Waals surface area (Å²) in [5.74, 6) is -1.63. The van der Waals surface area contributed by atoms with Crippen LogP contribution < -0.4 is 5.32 Å². The third-order valence-corrected chi connectivity index (χ3v) is 4.37. The summed E-state index contributed by atoms with van der Waals surface area (Å²) in [6, 6.07) is 9.18. The minimum atomic E-state index is -3.96. The van der Waals surface area contributed by atoms with Gasteiger partial charge in [-0.05, 0) is 31.4 Å². The number of rotatable bonds is 10. The molecule has 0 aliphatic rings. The van der Waals surface area contributed by atoms with Gasteiger partial charge in [0.15, 0.2) is 5.79 Å². The van der Waals surface area contributed by atoms with Gasteiger partial charge in [-0.1, -0.05) is 44.2 Å². The number of hydrogen-bond donors (Lipinski definition) is 3. The molecule has 2 atom stereocenters. The van der Waals surface area contributed by atoms with Gasteiger partial charge in [-0.3, -0.25) is 4.55 Å². The monoisotopic (exact) mass is 345 g/mol. The van der Waals surface area contributed by atoms with Crippen LogP contribution in [0.1, 0.15) is 32.8 Å². The van der Waals surface area contributed by atoms with Gasteiger partial charge in [0.1, 0.15) is 0 Å². The molecule has 6 nitrogen and oxygen atoms in total. The Balaban J connectivity index is 2.56. The fourth-order valence-corrected chi connectivity index (χ4v) is 2.96. The van der Waals surface area contributed by atoms with Crippen LogP contribution in [0.5, 0.6) is 0 Å². The van der Waals surface area contributed by atoms with E-state index in [1.54, 1.807) is 6.92 Å². The highest BCUT2D eigenvalue weighted by molar-refractivity contribution is 7.85. The maximum absolute atomic E-state index is 10.7. The van der Waals surface area contributed by atoms with Crippen LogP contribution in [0.2, 0.25) is 0 Å². The van der Waals surface area contributed by atoms with Crippen molar-refractivity contribution in [1.82, 2.24) is 5.32 Å². The number of benzene rings is 1. The minimum Gasteiger partial charge on any atom is -0.364 e. The molecule has 0 aliphatic heterocycles. The average Bonchev–Trinajstić information content (AvgIpc) is 2.44. The second-order valence-corrected chi connectivity index (χ2v) is 7.72. The zero-order chi connectivity index (χ0) is 17.5. The van der Waals surface area contributed by atoms with Crippen molar-refractivity contribution < 1.29 is 22.8 Å². The topological polar surface area (TPSA) is 95.9 Å². The van der Waals surface area contributed by atoms with Crippen molar-refractivity contribution in [3.8, 4) is 0 Å². The van der Waals surface area contributed by atoms with Crippen molar-refractivity contribution in [3.63, 3.8) is 0 Å². The predicted molar refractivity (Wildman–Crippen MR) is 89.5 cm³/mol. The summed E-state index contributed by atoms with van der Waals surface area (Å²) in [4.78, 5) is 0. The molecule has 1 rings (SSSR count). The van der Waals surface area contributed by atoms with Gasteiger partial charge in [0, 0.05) is 0 Å². The van der Waals surface area contributed by atoms with Crippen LogP contribution in [0, 0.1) is 5.92 Å². The van der Waals surface area contributed by atoms with E-state index in [0.29, 0.717) is 6.54 Å².